The molecule has 88 valence electrons. The first-order valence-corrected chi connectivity index (χ1v) is 5.60. The van der Waals surface area contributed by atoms with E-state index >= 15 is 0 Å². The first-order valence-electron chi connectivity index (χ1n) is 5.60. The van der Waals surface area contributed by atoms with Gasteiger partial charge in [0.2, 0.25) is 0 Å². The number of halogens is 1. The standard InChI is InChI=1S/C14H14FNO/c1-2-10-3-5-13(16-9-10)8-11-7-12(15)4-6-14(11)17/h3-7,9,17H,2,8H2,1H3. The van der Waals surface area contributed by atoms with Gasteiger partial charge in [0.1, 0.15) is 11.6 Å². The van der Waals surface area contributed by atoms with Crippen molar-refractivity contribution in [3.05, 3.63) is 59.2 Å². The Balaban J connectivity index is 2.22. The van der Waals surface area contributed by atoms with Gasteiger partial charge in [-0.3, -0.25) is 4.98 Å². The topological polar surface area (TPSA) is 33.1 Å². The number of nitrogens with zero attached hydrogens (tertiary/aromatic N) is 1. The zero-order valence-electron chi connectivity index (χ0n) is 9.65. The second-order valence-corrected chi connectivity index (χ2v) is 3.96. The Morgan fingerprint density at radius 3 is 2.71 bits per heavy atom. The number of rotatable bonds is 3. The maximum Gasteiger partial charge on any atom is 0.123 e. The second kappa shape index (κ2) is 4.95. The van der Waals surface area contributed by atoms with Gasteiger partial charge >= 0.3 is 0 Å². The van der Waals surface area contributed by atoms with Crippen LogP contribution in [0.2, 0.25) is 0 Å². The Hall–Kier alpha value is -1.90. The summed E-state index contributed by atoms with van der Waals surface area (Å²) in [4.78, 5) is 4.28. The van der Waals surface area contributed by atoms with Crippen LogP contribution >= 0.6 is 0 Å². The molecule has 0 unspecified atom stereocenters. The van der Waals surface area contributed by atoms with E-state index in [4.69, 9.17) is 0 Å². The molecule has 0 amide bonds. The molecule has 0 aliphatic rings. The highest BCUT2D eigenvalue weighted by atomic mass is 19.1. The molecule has 0 atom stereocenters. The van der Waals surface area contributed by atoms with Crippen molar-refractivity contribution in [2.75, 3.05) is 0 Å². The number of aryl methyl sites for hydroxylation is 1. The molecule has 0 fully saturated rings. The van der Waals surface area contributed by atoms with Crippen molar-refractivity contribution in [3.63, 3.8) is 0 Å². The molecule has 3 heteroatoms. The van der Waals surface area contributed by atoms with Crippen LogP contribution in [0.5, 0.6) is 5.75 Å². The smallest absolute Gasteiger partial charge is 0.123 e. The van der Waals surface area contributed by atoms with Crippen molar-refractivity contribution in [1.82, 2.24) is 4.98 Å². The highest BCUT2D eigenvalue weighted by molar-refractivity contribution is 5.35. The number of hydrogen-bond donors (Lipinski definition) is 1. The molecule has 1 aromatic heterocycles. The summed E-state index contributed by atoms with van der Waals surface area (Å²) in [5.41, 5.74) is 2.54. The van der Waals surface area contributed by atoms with E-state index in [-0.39, 0.29) is 11.6 Å². The molecule has 17 heavy (non-hydrogen) atoms. The van der Waals surface area contributed by atoms with E-state index in [1.807, 2.05) is 18.3 Å². The van der Waals surface area contributed by atoms with Crippen LogP contribution in [0.1, 0.15) is 23.7 Å². The number of hydrogen-bond acceptors (Lipinski definition) is 2. The number of phenols is 1. The summed E-state index contributed by atoms with van der Waals surface area (Å²) in [6.07, 6.45) is 3.19. The van der Waals surface area contributed by atoms with Gasteiger partial charge in [-0.05, 0) is 36.2 Å². The predicted molar refractivity (Wildman–Crippen MR) is 64.5 cm³/mol. The SMILES string of the molecule is CCc1ccc(Cc2cc(F)ccc2O)nc1. The van der Waals surface area contributed by atoms with Crippen molar-refractivity contribution >= 4 is 0 Å². The largest absolute Gasteiger partial charge is 0.508 e. The number of pyridine rings is 1. The Labute approximate surface area is 99.8 Å². The highest BCUT2D eigenvalue weighted by Gasteiger charge is 2.05. The van der Waals surface area contributed by atoms with Crippen LogP contribution in [-0.4, -0.2) is 10.1 Å². The van der Waals surface area contributed by atoms with Crippen LogP contribution < -0.4 is 0 Å². The minimum atomic E-state index is -0.344. The van der Waals surface area contributed by atoms with Gasteiger partial charge in [-0.25, -0.2) is 4.39 Å². The summed E-state index contributed by atoms with van der Waals surface area (Å²) in [7, 11) is 0. The van der Waals surface area contributed by atoms with Crippen LogP contribution in [0.15, 0.2) is 36.5 Å². The maximum atomic E-state index is 13.0. The van der Waals surface area contributed by atoms with E-state index in [1.165, 1.54) is 18.2 Å². The maximum absolute atomic E-state index is 13.0. The van der Waals surface area contributed by atoms with Gasteiger partial charge in [0.05, 0.1) is 0 Å². The molecule has 2 aromatic rings. The van der Waals surface area contributed by atoms with E-state index in [1.54, 1.807) is 0 Å². The van der Waals surface area contributed by atoms with Crippen molar-refractivity contribution in [1.29, 1.82) is 0 Å². The second-order valence-electron chi connectivity index (χ2n) is 3.96. The number of phenolic OH excluding ortho intramolecular Hbond substituents is 1. The highest BCUT2D eigenvalue weighted by Crippen LogP contribution is 2.20. The molecule has 0 saturated carbocycles. The van der Waals surface area contributed by atoms with Gasteiger partial charge in [0.25, 0.3) is 0 Å². The molecule has 0 bridgehead atoms. The minimum absolute atomic E-state index is 0.104. The van der Waals surface area contributed by atoms with Crippen molar-refractivity contribution < 1.29 is 9.50 Å². The molecule has 0 aliphatic heterocycles. The molecular weight excluding hydrogens is 217 g/mol. The molecule has 1 N–H and O–H groups in total. The Bertz CT molecular complexity index is 508. The summed E-state index contributed by atoms with van der Waals surface area (Å²) < 4.78 is 13.0. The molecule has 2 nitrogen and oxygen atoms in total. The summed E-state index contributed by atoms with van der Waals surface area (Å²) >= 11 is 0. The van der Waals surface area contributed by atoms with Gasteiger partial charge in [0, 0.05) is 23.9 Å². The minimum Gasteiger partial charge on any atom is -0.508 e. The summed E-state index contributed by atoms with van der Waals surface area (Å²) in [5.74, 6) is -0.240. The molecular formula is C14H14FNO. The number of aromatic hydroxyl groups is 1. The fourth-order valence-electron chi connectivity index (χ4n) is 1.66. The van der Waals surface area contributed by atoms with Crippen LogP contribution in [0.3, 0.4) is 0 Å². The van der Waals surface area contributed by atoms with E-state index < -0.39 is 0 Å². The first-order chi connectivity index (χ1) is 8.19. The quantitative estimate of drug-likeness (QED) is 0.880. The normalized spacial score (nSPS) is 10.5. The Morgan fingerprint density at radius 2 is 2.06 bits per heavy atom. The monoisotopic (exact) mass is 231 g/mol. The van der Waals surface area contributed by atoms with Crippen LogP contribution in [0.4, 0.5) is 4.39 Å². The van der Waals surface area contributed by atoms with Crippen molar-refractivity contribution in [2.24, 2.45) is 0 Å². The lowest BCUT2D eigenvalue weighted by Crippen LogP contribution is -1.94. The van der Waals surface area contributed by atoms with Crippen molar-refractivity contribution in [2.45, 2.75) is 19.8 Å². The van der Waals surface area contributed by atoms with E-state index in [2.05, 4.69) is 11.9 Å². The lowest BCUT2D eigenvalue weighted by Gasteiger charge is -2.05. The zero-order chi connectivity index (χ0) is 12.3. The van der Waals surface area contributed by atoms with E-state index in [9.17, 15) is 9.50 Å². The van der Waals surface area contributed by atoms with E-state index in [0.29, 0.717) is 12.0 Å². The average Bonchev–Trinajstić information content (AvgIpc) is 2.35. The third-order valence-electron chi connectivity index (χ3n) is 2.71. The Kier molecular flexibility index (Phi) is 3.38. The molecule has 1 heterocycles. The van der Waals surface area contributed by atoms with Gasteiger partial charge in [-0.2, -0.15) is 0 Å². The van der Waals surface area contributed by atoms with E-state index in [0.717, 1.165) is 17.7 Å². The zero-order valence-corrected chi connectivity index (χ0v) is 9.65. The molecule has 2 rings (SSSR count). The predicted octanol–water partition coefficient (Wildman–Crippen LogP) is 3.08. The summed E-state index contributed by atoms with van der Waals surface area (Å²) in [5, 5.41) is 9.60. The van der Waals surface area contributed by atoms with Crippen LogP contribution in [0.25, 0.3) is 0 Å². The van der Waals surface area contributed by atoms with Crippen molar-refractivity contribution in [3.8, 4) is 5.75 Å². The molecule has 0 saturated heterocycles. The summed E-state index contributed by atoms with van der Waals surface area (Å²) in [6, 6.07) is 7.85. The fourth-order valence-corrected chi connectivity index (χ4v) is 1.66. The average molecular weight is 231 g/mol. The lowest BCUT2D eigenvalue weighted by molar-refractivity contribution is 0.466. The molecule has 0 aliphatic carbocycles. The van der Waals surface area contributed by atoms with Gasteiger partial charge in [-0.1, -0.05) is 13.0 Å². The van der Waals surface area contributed by atoms with Gasteiger partial charge in [0.15, 0.2) is 0 Å². The third-order valence-corrected chi connectivity index (χ3v) is 2.71. The van der Waals surface area contributed by atoms with Crippen LogP contribution in [-0.2, 0) is 12.8 Å². The van der Waals surface area contributed by atoms with Crippen LogP contribution in [0, 0.1) is 5.82 Å². The molecule has 1 aromatic carbocycles. The summed E-state index contributed by atoms with van der Waals surface area (Å²) in [6.45, 7) is 2.06. The Morgan fingerprint density at radius 1 is 1.24 bits per heavy atom. The lowest BCUT2D eigenvalue weighted by atomic mass is 10.1. The number of benzene rings is 1. The fraction of sp³-hybridized carbons (Fsp3) is 0.214. The molecule has 0 radical (unpaired) electrons. The number of aromatic nitrogens is 1. The van der Waals surface area contributed by atoms with Gasteiger partial charge in [-0.15, -0.1) is 0 Å². The van der Waals surface area contributed by atoms with Gasteiger partial charge < -0.3 is 5.11 Å². The first kappa shape index (κ1) is 11.6. The molecule has 0 spiro atoms. The third kappa shape index (κ3) is 2.81.